The summed E-state index contributed by atoms with van der Waals surface area (Å²) in [7, 11) is 0. The molecule has 5 heteroatoms. The molecule has 4 rings (SSSR count). The van der Waals surface area contributed by atoms with Crippen molar-refractivity contribution in [2.45, 2.75) is 63.6 Å². The van der Waals surface area contributed by atoms with Gasteiger partial charge in [-0.15, -0.1) is 0 Å². The number of cyclic esters (lactones) is 1. The Labute approximate surface area is 175 Å². The van der Waals surface area contributed by atoms with Gasteiger partial charge >= 0.3 is 5.97 Å². The van der Waals surface area contributed by atoms with Crippen molar-refractivity contribution in [3.63, 3.8) is 0 Å². The molecule has 3 fully saturated rings. The third-order valence-corrected chi connectivity index (χ3v) is 7.19. The lowest BCUT2D eigenvalue weighted by molar-refractivity contribution is -0.151. The highest BCUT2D eigenvalue weighted by molar-refractivity contribution is 5.79. The molecule has 1 atom stereocenters. The Morgan fingerprint density at radius 2 is 1.72 bits per heavy atom. The van der Waals surface area contributed by atoms with Crippen molar-refractivity contribution < 1.29 is 14.6 Å². The molecule has 29 heavy (non-hydrogen) atoms. The first-order chi connectivity index (χ1) is 14.1. The molecule has 0 amide bonds. The Morgan fingerprint density at radius 1 is 1.00 bits per heavy atom. The summed E-state index contributed by atoms with van der Waals surface area (Å²) in [6.45, 7) is 5.84. The Kier molecular flexibility index (Phi) is 6.88. The minimum atomic E-state index is -0.236. The predicted molar refractivity (Wildman–Crippen MR) is 114 cm³/mol. The van der Waals surface area contributed by atoms with E-state index in [4.69, 9.17) is 4.74 Å². The van der Waals surface area contributed by atoms with E-state index in [-0.39, 0.29) is 23.6 Å². The van der Waals surface area contributed by atoms with E-state index in [1.54, 1.807) is 0 Å². The Morgan fingerprint density at radius 3 is 2.45 bits per heavy atom. The Bertz CT molecular complexity index is 649. The lowest BCUT2D eigenvalue weighted by atomic mass is 9.76. The van der Waals surface area contributed by atoms with Crippen LogP contribution >= 0.6 is 0 Å². The summed E-state index contributed by atoms with van der Waals surface area (Å²) in [6, 6.07) is 10.7. The van der Waals surface area contributed by atoms with Crippen LogP contribution in [-0.4, -0.2) is 72.4 Å². The number of hydrogen-bond donors (Lipinski definition) is 1. The molecule has 3 aliphatic heterocycles. The Hall–Kier alpha value is -1.43. The summed E-state index contributed by atoms with van der Waals surface area (Å²) in [4.78, 5) is 17.6. The summed E-state index contributed by atoms with van der Waals surface area (Å²) in [5.74, 6) is 0.0447. The zero-order valence-electron chi connectivity index (χ0n) is 17.6. The molecule has 3 saturated heterocycles. The first-order valence-electron chi connectivity index (χ1n) is 11.5. The van der Waals surface area contributed by atoms with Crippen LogP contribution < -0.4 is 0 Å². The average Bonchev–Trinajstić information content (AvgIpc) is 3.04. The molecule has 5 nitrogen and oxygen atoms in total. The molecule has 3 aliphatic rings. The van der Waals surface area contributed by atoms with Crippen molar-refractivity contribution in [3.8, 4) is 0 Å². The lowest BCUT2D eigenvalue weighted by Gasteiger charge is -2.36. The molecule has 0 bridgehead atoms. The third-order valence-electron chi connectivity index (χ3n) is 7.19. The van der Waals surface area contributed by atoms with Gasteiger partial charge in [-0.25, -0.2) is 0 Å². The van der Waals surface area contributed by atoms with Gasteiger partial charge in [0.2, 0.25) is 0 Å². The van der Waals surface area contributed by atoms with Crippen LogP contribution in [0.25, 0.3) is 0 Å². The fourth-order valence-electron chi connectivity index (χ4n) is 5.25. The minimum Gasteiger partial charge on any atom is -0.461 e. The molecular weight excluding hydrogens is 364 g/mol. The van der Waals surface area contributed by atoms with Gasteiger partial charge in [0, 0.05) is 26.1 Å². The second-order valence-electron chi connectivity index (χ2n) is 9.33. The van der Waals surface area contributed by atoms with E-state index in [0.29, 0.717) is 0 Å². The zero-order chi connectivity index (χ0) is 20.1. The molecule has 0 saturated carbocycles. The highest BCUT2D eigenvalue weighted by Gasteiger charge is 2.50. The number of nitrogens with zero attached hydrogens (tertiary/aromatic N) is 2. The smallest absolute Gasteiger partial charge is 0.312 e. The number of aryl methyl sites for hydroxylation is 1. The van der Waals surface area contributed by atoms with Gasteiger partial charge < -0.3 is 14.7 Å². The molecule has 3 heterocycles. The first-order valence-corrected chi connectivity index (χ1v) is 11.5. The van der Waals surface area contributed by atoms with E-state index >= 15 is 0 Å². The van der Waals surface area contributed by atoms with Crippen LogP contribution in [0.3, 0.4) is 0 Å². The number of esters is 1. The van der Waals surface area contributed by atoms with E-state index in [1.165, 1.54) is 18.4 Å². The van der Waals surface area contributed by atoms with Crippen LogP contribution in [0.5, 0.6) is 0 Å². The highest BCUT2D eigenvalue weighted by atomic mass is 16.6. The van der Waals surface area contributed by atoms with Crippen molar-refractivity contribution >= 4 is 5.97 Å². The van der Waals surface area contributed by atoms with Gasteiger partial charge in [0.05, 0.1) is 11.5 Å². The van der Waals surface area contributed by atoms with Crippen molar-refractivity contribution in [1.29, 1.82) is 0 Å². The molecule has 0 aliphatic carbocycles. The second kappa shape index (κ2) is 9.59. The van der Waals surface area contributed by atoms with Gasteiger partial charge in [-0.05, 0) is 70.1 Å². The maximum Gasteiger partial charge on any atom is 0.312 e. The number of carbonyl (C=O) groups is 1. The summed E-state index contributed by atoms with van der Waals surface area (Å²) < 4.78 is 5.81. The summed E-state index contributed by atoms with van der Waals surface area (Å²) in [5, 5.41) is 9.67. The summed E-state index contributed by atoms with van der Waals surface area (Å²) in [6.07, 6.45) is 7.93. The predicted octanol–water partition coefficient (Wildman–Crippen LogP) is 2.86. The van der Waals surface area contributed by atoms with Crippen molar-refractivity contribution in [2.24, 2.45) is 5.41 Å². The second-order valence-corrected chi connectivity index (χ2v) is 9.33. The largest absolute Gasteiger partial charge is 0.461 e. The molecule has 1 unspecified atom stereocenters. The van der Waals surface area contributed by atoms with E-state index in [1.807, 2.05) is 0 Å². The van der Waals surface area contributed by atoms with Crippen LogP contribution in [0.15, 0.2) is 30.3 Å². The van der Waals surface area contributed by atoms with Gasteiger partial charge in [0.1, 0.15) is 6.10 Å². The van der Waals surface area contributed by atoms with E-state index in [0.717, 1.165) is 77.8 Å². The fraction of sp³-hybridized carbons (Fsp3) is 0.708. The van der Waals surface area contributed by atoms with Crippen LogP contribution in [0, 0.1) is 5.41 Å². The van der Waals surface area contributed by atoms with E-state index in [9.17, 15) is 9.90 Å². The lowest BCUT2D eigenvalue weighted by Crippen LogP contribution is -2.43. The molecule has 1 aromatic carbocycles. The maximum atomic E-state index is 12.7. The van der Waals surface area contributed by atoms with Gasteiger partial charge in [-0.3, -0.25) is 9.69 Å². The molecule has 1 N–H and O–H groups in total. The van der Waals surface area contributed by atoms with E-state index < -0.39 is 0 Å². The highest BCUT2D eigenvalue weighted by Crippen LogP contribution is 2.43. The molecule has 1 spiro atoms. The quantitative estimate of drug-likeness (QED) is 0.563. The number of ether oxygens (including phenoxy) is 1. The van der Waals surface area contributed by atoms with Crippen molar-refractivity contribution in [2.75, 3.05) is 39.3 Å². The minimum absolute atomic E-state index is 0.0372. The number of rotatable bonds is 7. The van der Waals surface area contributed by atoms with E-state index in [2.05, 4.69) is 40.1 Å². The van der Waals surface area contributed by atoms with Crippen molar-refractivity contribution in [3.05, 3.63) is 35.9 Å². The normalized spacial score (nSPS) is 26.1. The number of likely N-dealkylation sites (tertiary alicyclic amines) is 2. The topological polar surface area (TPSA) is 53.0 Å². The first kappa shape index (κ1) is 20.8. The monoisotopic (exact) mass is 400 g/mol. The fourth-order valence-corrected chi connectivity index (χ4v) is 5.25. The molecule has 0 aromatic heterocycles. The standard InChI is InChI=1S/C24H36N2O3/c27-21-9-14-26(15-10-21)19-22-18-24(23(28)29-22)11-16-25(17-12-24)13-5-4-8-20-6-2-1-3-7-20/h1-3,6-7,21-22,27H,4-5,8-19H2. The third kappa shape index (κ3) is 5.39. The van der Waals surface area contributed by atoms with Crippen LogP contribution in [0.2, 0.25) is 0 Å². The number of benzene rings is 1. The number of unbranched alkanes of at least 4 members (excludes halogenated alkanes) is 1. The molecule has 0 radical (unpaired) electrons. The number of carbonyl (C=O) groups excluding carboxylic acids is 1. The number of aliphatic hydroxyl groups excluding tert-OH is 1. The van der Waals surface area contributed by atoms with Crippen LogP contribution in [-0.2, 0) is 16.0 Å². The summed E-state index contributed by atoms with van der Waals surface area (Å²) >= 11 is 0. The Balaban J connectivity index is 1.17. The molecular formula is C24H36N2O3. The van der Waals surface area contributed by atoms with Gasteiger partial charge in [0.15, 0.2) is 0 Å². The number of hydrogen-bond acceptors (Lipinski definition) is 5. The van der Waals surface area contributed by atoms with Crippen LogP contribution in [0.4, 0.5) is 0 Å². The van der Waals surface area contributed by atoms with Gasteiger partial charge in [0.25, 0.3) is 0 Å². The van der Waals surface area contributed by atoms with Gasteiger partial charge in [-0.2, -0.15) is 0 Å². The summed E-state index contributed by atoms with van der Waals surface area (Å²) in [5.41, 5.74) is 1.19. The zero-order valence-corrected chi connectivity index (χ0v) is 17.6. The SMILES string of the molecule is O=C1OC(CN2CCC(O)CC2)CC12CCN(CCCCc1ccccc1)CC2. The van der Waals surface area contributed by atoms with Crippen molar-refractivity contribution in [1.82, 2.24) is 9.80 Å². The number of aliphatic hydroxyl groups is 1. The molecule has 160 valence electrons. The number of piperidine rings is 2. The van der Waals surface area contributed by atoms with Crippen LogP contribution in [0.1, 0.15) is 50.5 Å². The van der Waals surface area contributed by atoms with Gasteiger partial charge in [-0.1, -0.05) is 30.3 Å². The molecule has 1 aromatic rings. The average molecular weight is 401 g/mol. The maximum absolute atomic E-state index is 12.7.